The summed E-state index contributed by atoms with van der Waals surface area (Å²) in [5, 5.41) is 11.1. The number of carbonyl (C=O) groups excluding carboxylic acids is 2. The second kappa shape index (κ2) is 7.90. The van der Waals surface area contributed by atoms with Gasteiger partial charge < -0.3 is 19.9 Å². The lowest BCUT2D eigenvalue weighted by Gasteiger charge is -2.25. The number of carboxylic acid groups (broad SMARTS) is 1. The molecule has 7 heteroatoms. The van der Waals surface area contributed by atoms with Gasteiger partial charge >= 0.3 is 11.9 Å². The van der Waals surface area contributed by atoms with E-state index in [9.17, 15) is 14.4 Å². The minimum Gasteiger partial charge on any atom is -0.484 e. The molecule has 1 heterocycles. The molecule has 2 aromatic carbocycles. The van der Waals surface area contributed by atoms with E-state index in [1.165, 1.54) is 6.92 Å². The van der Waals surface area contributed by atoms with Crippen LogP contribution in [-0.4, -0.2) is 35.6 Å². The number of hydrogen-bond donors (Lipinski definition) is 2. The molecule has 0 bridgehead atoms. The third-order valence-electron chi connectivity index (χ3n) is 4.26. The Bertz CT molecular complexity index is 861. The van der Waals surface area contributed by atoms with Gasteiger partial charge in [0.25, 0.3) is 5.91 Å². The summed E-state index contributed by atoms with van der Waals surface area (Å²) in [7, 11) is 0. The van der Waals surface area contributed by atoms with Gasteiger partial charge in [0.1, 0.15) is 17.9 Å². The average Bonchev–Trinajstić information content (AvgIpc) is 2.66. The molecule has 0 aliphatic carbocycles. The summed E-state index contributed by atoms with van der Waals surface area (Å²) in [5.74, 6) is -1.52. The molecule has 0 unspecified atom stereocenters. The van der Waals surface area contributed by atoms with E-state index in [0.717, 1.165) is 11.1 Å². The summed E-state index contributed by atoms with van der Waals surface area (Å²) in [4.78, 5) is 34.5. The molecule has 0 spiro atoms. The molecule has 0 saturated heterocycles. The van der Waals surface area contributed by atoms with Gasteiger partial charge in [-0.3, -0.25) is 9.59 Å². The molecule has 1 amide bonds. The fourth-order valence-electron chi connectivity index (χ4n) is 2.79. The fourth-order valence-corrected chi connectivity index (χ4v) is 2.79. The second-order valence-electron chi connectivity index (χ2n) is 6.24. The summed E-state index contributed by atoms with van der Waals surface area (Å²) in [5.41, 5.74) is 2.37. The summed E-state index contributed by atoms with van der Waals surface area (Å²) >= 11 is 0. The Balaban J connectivity index is 1.59. The van der Waals surface area contributed by atoms with Gasteiger partial charge in [0.2, 0.25) is 0 Å². The first-order chi connectivity index (χ1) is 12.9. The highest BCUT2D eigenvalue weighted by atomic mass is 16.5. The van der Waals surface area contributed by atoms with Gasteiger partial charge in [-0.05, 0) is 36.2 Å². The molecule has 0 fully saturated rings. The molecule has 0 radical (unpaired) electrons. The number of hydrogen-bond acceptors (Lipinski definition) is 5. The number of carboxylic acids is 1. The number of benzene rings is 2. The highest BCUT2D eigenvalue weighted by Gasteiger charge is 2.27. The number of aliphatic carboxylic acids is 1. The molecule has 0 saturated carbocycles. The van der Waals surface area contributed by atoms with Crippen LogP contribution in [0.25, 0.3) is 0 Å². The number of esters is 1. The van der Waals surface area contributed by atoms with Gasteiger partial charge in [0.15, 0.2) is 6.61 Å². The Kier molecular flexibility index (Phi) is 5.40. The van der Waals surface area contributed by atoms with Crippen molar-refractivity contribution < 1.29 is 29.0 Å². The van der Waals surface area contributed by atoms with E-state index >= 15 is 0 Å². The Labute approximate surface area is 155 Å². The number of cyclic esters (lactones) is 1. The van der Waals surface area contributed by atoms with Crippen molar-refractivity contribution >= 4 is 17.8 Å². The first-order valence-corrected chi connectivity index (χ1v) is 8.48. The molecular formula is C20H19NO6. The molecule has 1 aliphatic rings. The first kappa shape index (κ1) is 18.4. The third kappa shape index (κ3) is 4.44. The topological polar surface area (TPSA) is 102 Å². The van der Waals surface area contributed by atoms with E-state index in [1.54, 1.807) is 36.4 Å². The second-order valence-corrected chi connectivity index (χ2v) is 6.24. The van der Waals surface area contributed by atoms with Gasteiger partial charge in [-0.15, -0.1) is 0 Å². The van der Waals surface area contributed by atoms with Crippen molar-refractivity contribution in [2.75, 3.05) is 6.61 Å². The van der Waals surface area contributed by atoms with Crippen molar-refractivity contribution in [3.8, 4) is 5.75 Å². The van der Waals surface area contributed by atoms with E-state index in [4.69, 9.17) is 14.6 Å². The monoisotopic (exact) mass is 369 g/mol. The lowest BCUT2D eigenvalue weighted by Crippen LogP contribution is -2.40. The predicted octanol–water partition coefficient (Wildman–Crippen LogP) is 2.11. The van der Waals surface area contributed by atoms with Crippen LogP contribution < -0.4 is 10.1 Å². The number of ether oxygens (including phenoxy) is 2. The fraction of sp³-hybridized carbons (Fsp3) is 0.250. The SMILES string of the molecule is C[C@@H](NC(=O)COc1ccc([C@@H]2Cc3ccccc3C(=O)O2)cc1)C(=O)O. The van der Waals surface area contributed by atoms with Crippen LogP contribution in [0.4, 0.5) is 0 Å². The summed E-state index contributed by atoms with van der Waals surface area (Å²) in [6.07, 6.45) is 0.221. The Morgan fingerprint density at radius 1 is 1.22 bits per heavy atom. The van der Waals surface area contributed by atoms with Crippen molar-refractivity contribution in [2.24, 2.45) is 0 Å². The van der Waals surface area contributed by atoms with E-state index in [2.05, 4.69) is 5.32 Å². The van der Waals surface area contributed by atoms with E-state index in [0.29, 0.717) is 17.7 Å². The predicted molar refractivity (Wildman–Crippen MR) is 95.5 cm³/mol. The van der Waals surface area contributed by atoms with Crippen molar-refractivity contribution in [3.05, 3.63) is 65.2 Å². The minimum atomic E-state index is -1.11. The van der Waals surface area contributed by atoms with Crippen molar-refractivity contribution in [3.63, 3.8) is 0 Å². The lowest BCUT2D eigenvalue weighted by atomic mass is 9.95. The van der Waals surface area contributed by atoms with Gasteiger partial charge in [-0.2, -0.15) is 0 Å². The maximum Gasteiger partial charge on any atom is 0.339 e. The molecule has 2 N–H and O–H groups in total. The maximum absolute atomic E-state index is 12.1. The van der Waals surface area contributed by atoms with Crippen LogP contribution >= 0.6 is 0 Å². The van der Waals surface area contributed by atoms with E-state index < -0.39 is 17.9 Å². The minimum absolute atomic E-state index is 0.289. The molecule has 1 aliphatic heterocycles. The zero-order valence-corrected chi connectivity index (χ0v) is 14.7. The standard InChI is InChI=1S/C20H19NO6/c1-12(19(23)24)21-18(22)11-26-15-8-6-13(7-9-15)17-10-14-4-2-3-5-16(14)20(25)27-17/h2-9,12,17H,10-11H2,1H3,(H,21,22)(H,23,24)/t12-,17+/m1/s1. The number of amides is 1. The molecule has 27 heavy (non-hydrogen) atoms. The lowest BCUT2D eigenvalue weighted by molar-refractivity contribution is -0.141. The quantitative estimate of drug-likeness (QED) is 0.756. The van der Waals surface area contributed by atoms with E-state index in [1.807, 2.05) is 12.1 Å². The molecule has 0 aromatic heterocycles. The van der Waals surface area contributed by atoms with Crippen LogP contribution in [0.2, 0.25) is 0 Å². The van der Waals surface area contributed by atoms with Gasteiger partial charge in [0, 0.05) is 6.42 Å². The average molecular weight is 369 g/mol. The van der Waals surface area contributed by atoms with Crippen LogP contribution in [0.1, 0.15) is 34.5 Å². The molecular weight excluding hydrogens is 350 g/mol. The summed E-state index contributed by atoms with van der Waals surface area (Å²) < 4.78 is 10.9. The number of carbonyl (C=O) groups is 3. The van der Waals surface area contributed by atoms with Gasteiger partial charge in [-0.1, -0.05) is 30.3 Å². The van der Waals surface area contributed by atoms with Crippen molar-refractivity contribution in [1.82, 2.24) is 5.32 Å². The van der Waals surface area contributed by atoms with Crippen LogP contribution in [0.15, 0.2) is 48.5 Å². The smallest absolute Gasteiger partial charge is 0.339 e. The largest absolute Gasteiger partial charge is 0.484 e. The maximum atomic E-state index is 12.1. The summed E-state index contributed by atoms with van der Waals surface area (Å²) in [6, 6.07) is 13.3. The number of fused-ring (bicyclic) bond motifs is 1. The highest BCUT2D eigenvalue weighted by Crippen LogP contribution is 2.31. The Hall–Kier alpha value is -3.35. The van der Waals surface area contributed by atoms with Crippen molar-refractivity contribution in [2.45, 2.75) is 25.5 Å². The molecule has 2 atom stereocenters. The highest BCUT2D eigenvalue weighted by molar-refractivity contribution is 5.92. The number of rotatable bonds is 6. The van der Waals surface area contributed by atoms with Crippen LogP contribution in [0, 0.1) is 0 Å². The molecule has 2 aromatic rings. The van der Waals surface area contributed by atoms with Gasteiger partial charge in [-0.25, -0.2) is 4.79 Å². The zero-order chi connectivity index (χ0) is 19.4. The Morgan fingerprint density at radius 3 is 2.63 bits per heavy atom. The number of nitrogens with one attached hydrogen (secondary N) is 1. The molecule has 3 rings (SSSR count). The van der Waals surface area contributed by atoms with Gasteiger partial charge in [0.05, 0.1) is 5.56 Å². The molecule has 140 valence electrons. The molecule has 7 nitrogen and oxygen atoms in total. The van der Waals surface area contributed by atoms with E-state index in [-0.39, 0.29) is 18.7 Å². The van der Waals surface area contributed by atoms with Crippen LogP contribution in [0.5, 0.6) is 5.75 Å². The zero-order valence-electron chi connectivity index (χ0n) is 14.7. The van der Waals surface area contributed by atoms with Crippen LogP contribution in [-0.2, 0) is 20.7 Å². The van der Waals surface area contributed by atoms with Crippen LogP contribution in [0.3, 0.4) is 0 Å². The first-order valence-electron chi connectivity index (χ1n) is 8.48. The Morgan fingerprint density at radius 2 is 1.93 bits per heavy atom. The van der Waals surface area contributed by atoms with Crippen molar-refractivity contribution in [1.29, 1.82) is 0 Å². The normalized spacial score (nSPS) is 16.6. The summed E-state index contributed by atoms with van der Waals surface area (Å²) in [6.45, 7) is 1.08. The third-order valence-corrected chi connectivity index (χ3v) is 4.26.